The highest BCUT2D eigenvalue weighted by Crippen LogP contribution is 2.20. The van der Waals surface area contributed by atoms with Gasteiger partial charge in [-0.15, -0.1) is 0 Å². The van der Waals surface area contributed by atoms with Crippen LogP contribution in [0.5, 0.6) is 0 Å². The Morgan fingerprint density at radius 3 is 3.07 bits per heavy atom. The van der Waals surface area contributed by atoms with E-state index < -0.39 is 9.84 Å². The second kappa shape index (κ2) is 3.82. The molecule has 2 rings (SSSR count). The standard InChI is InChI=1S/C7H11N3O2S2/c11-14(12)3-1-2-6(14)4-8-7-9-5-10-13-7/h5-6H,1-4H2,(H,8,9,10). The number of aromatic nitrogens is 2. The van der Waals surface area contributed by atoms with Crippen molar-refractivity contribution in [1.82, 2.24) is 9.36 Å². The van der Waals surface area contributed by atoms with Crippen LogP contribution in [0, 0.1) is 0 Å². The highest BCUT2D eigenvalue weighted by atomic mass is 32.2. The van der Waals surface area contributed by atoms with E-state index in [4.69, 9.17) is 0 Å². The predicted octanol–water partition coefficient (Wildman–Crippen LogP) is 0.527. The molecule has 1 atom stereocenters. The van der Waals surface area contributed by atoms with Gasteiger partial charge in [-0.25, -0.2) is 13.4 Å². The van der Waals surface area contributed by atoms with Gasteiger partial charge in [-0.1, -0.05) is 0 Å². The number of nitrogens with one attached hydrogen (secondary N) is 1. The first-order valence-corrected chi connectivity index (χ1v) is 6.89. The van der Waals surface area contributed by atoms with Crippen LogP contribution in [0.3, 0.4) is 0 Å². The molecule has 0 radical (unpaired) electrons. The molecule has 1 aliphatic heterocycles. The van der Waals surface area contributed by atoms with Gasteiger partial charge in [-0.05, 0) is 12.8 Å². The number of anilines is 1. The molecule has 1 aromatic heterocycles. The van der Waals surface area contributed by atoms with E-state index in [1.54, 1.807) is 0 Å². The fraction of sp³-hybridized carbons (Fsp3) is 0.714. The molecule has 5 nitrogen and oxygen atoms in total. The minimum Gasteiger partial charge on any atom is -0.359 e. The SMILES string of the molecule is O=S1(=O)CCCC1CNc1ncns1. The van der Waals surface area contributed by atoms with E-state index in [0.717, 1.165) is 12.8 Å². The lowest BCUT2D eigenvalue weighted by Crippen LogP contribution is -2.24. The number of hydrogen-bond donors (Lipinski definition) is 1. The van der Waals surface area contributed by atoms with Gasteiger partial charge in [0.2, 0.25) is 5.13 Å². The van der Waals surface area contributed by atoms with Crippen molar-refractivity contribution in [3.05, 3.63) is 6.33 Å². The van der Waals surface area contributed by atoms with Gasteiger partial charge in [-0.3, -0.25) is 0 Å². The maximum Gasteiger partial charge on any atom is 0.202 e. The Labute approximate surface area is 86.6 Å². The van der Waals surface area contributed by atoms with Crippen LogP contribution in [0.25, 0.3) is 0 Å². The van der Waals surface area contributed by atoms with E-state index in [-0.39, 0.29) is 5.25 Å². The van der Waals surface area contributed by atoms with E-state index >= 15 is 0 Å². The second-order valence-electron chi connectivity index (χ2n) is 3.26. The maximum absolute atomic E-state index is 11.4. The lowest BCUT2D eigenvalue weighted by Gasteiger charge is -2.08. The summed E-state index contributed by atoms with van der Waals surface area (Å²) in [5, 5.41) is 3.43. The second-order valence-corrected chi connectivity index (χ2v) is 6.44. The number of rotatable bonds is 3. The van der Waals surface area contributed by atoms with Gasteiger partial charge in [0.1, 0.15) is 6.33 Å². The fourth-order valence-electron chi connectivity index (χ4n) is 1.54. The van der Waals surface area contributed by atoms with E-state index in [2.05, 4.69) is 14.7 Å². The van der Waals surface area contributed by atoms with Crippen molar-refractivity contribution >= 4 is 26.5 Å². The van der Waals surface area contributed by atoms with Crippen LogP contribution >= 0.6 is 11.5 Å². The molecule has 0 spiro atoms. The van der Waals surface area contributed by atoms with Crippen LogP contribution in [0.1, 0.15) is 12.8 Å². The Kier molecular flexibility index (Phi) is 2.69. The Balaban J connectivity index is 1.93. The topological polar surface area (TPSA) is 72.0 Å². The highest BCUT2D eigenvalue weighted by Gasteiger charge is 2.30. The molecule has 1 N–H and O–H groups in total. The van der Waals surface area contributed by atoms with E-state index in [0.29, 0.717) is 17.4 Å². The summed E-state index contributed by atoms with van der Waals surface area (Å²) < 4.78 is 26.7. The van der Waals surface area contributed by atoms with Crippen LogP contribution in [0.4, 0.5) is 5.13 Å². The lowest BCUT2D eigenvalue weighted by molar-refractivity contribution is 0.591. The van der Waals surface area contributed by atoms with Crippen molar-refractivity contribution in [3.8, 4) is 0 Å². The van der Waals surface area contributed by atoms with Crippen molar-refractivity contribution in [2.24, 2.45) is 0 Å². The molecule has 1 aliphatic rings. The Morgan fingerprint density at radius 1 is 1.64 bits per heavy atom. The first-order chi connectivity index (χ1) is 6.68. The molecule has 0 saturated carbocycles. The van der Waals surface area contributed by atoms with Crippen molar-refractivity contribution in [1.29, 1.82) is 0 Å². The van der Waals surface area contributed by atoms with Crippen molar-refractivity contribution in [2.75, 3.05) is 17.6 Å². The van der Waals surface area contributed by atoms with Gasteiger partial charge < -0.3 is 5.32 Å². The average molecular weight is 233 g/mol. The summed E-state index contributed by atoms with van der Waals surface area (Å²) in [4.78, 5) is 3.93. The normalized spacial score (nSPS) is 25.0. The molecule has 1 unspecified atom stereocenters. The van der Waals surface area contributed by atoms with Crippen LogP contribution in [-0.2, 0) is 9.84 Å². The minimum absolute atomic E-state index is 0.244. The molecule has 0 aromatic carbocycles. The summed E-state index contributed by atoms with van der Waals surface area (Å²) in [6, 6.07) is 0. The van der Waals surface area contributed by atoms with E-state index in [9.17, 15) is 8.42 Å². The molecule has 0 bridgehead atoms. The maximum atomic E-state index is 11.4. The molecule has 0 amide bonds. The van der Waals surface area contributed by atoms with Gasteiger partial charge in [0.05, 0.1) is 11.0 Å². The zero-order chi connectivity index (χ0) is 10.0. The molecule has 7 heteroatoms. The molecule has 1 aromatic rings. The first-order valence-electron chi connectivity index (χ1n) is 4.40. The number of hydrogen-bond acceptors (Lipinski definition) is 6. The van der Waals surface area contributed by atoms with Gasteiger partial charge in [0, 0.05) is 18.1 Å². The van der Waals surface area contributed by atoms with Gasteiger partial charge in [-0.2, -0.15) is 4.37 Å². The largest absolute Gasteiger partial charge is 0.359 e. The average Bonchev–Trinajstić information content (AvgIpc) is 2.71. The third-order valence-corrected chi connectivity index (χ3v) is 5.20. The quantitative estimate of drug-likeness (QED) is 0.824. The van der Waals surface area contributed by atoms with E-state index in [1.165, 1.54) is 17.9 Å². The summed E-state index contributed by atoms with van der Waals surface area (Å²) in [5.74, 6) is 0.329. The van der Waals surface area contributed by atoms with Crippen LogP contribution < -0.4 is 5.32 Å². The van der Waals surface area contributed by atoms with Gasteiger partial charge in [0.25, 0.3) is 0 Å². The summed E-state index contributed by atoms with van der Waals surface area (Å²) >= 11 is 1.24. The summed E-state index contributed by atoms with van der Waals surface area (Å²) in [5.41, 5.74) is 0. The molecule has 1 saturated heterocycles. The van der Waals surface area contributed by atoms with Crippen LogP contribution in [0.2, 0.25) is 0 Å². The third kappa shape index (κ3) is 2.03. The monoisotopic (exact) mass is 233 g/mol. The molecule has 14 heavy (non-hydrogen) atoms. The Hall–Kier alpha value is -0.690. The van der Waals surface area contributed by atoms with Crippen molar-refractivity contribution in [2.45, 2.75) is 18.1 Å². The lowest BCUT2D eigenvalue weighted by atomic mass is 10.2. The zero-order valence-electron chi connectivity index (χ0n) is 7.51. The summed E-state index contributed by atoms with van der Waals surface area (Å²) in [7, 11) is -2.85. The highest BCUT2D eigenvalue weighted by molar-refractivity contribution is 7.92. The zero-order valence-corrected chi connectivity index (χ0v) is 9.14. The number of nitrogens with zero attached hydrogens (tertiary/aromatic N) is 2. The third-order valence-electron chi connectivity index (χ3n) is 2.31. The predicted molar refractivity (Wildman–Crippen MR) is 55.2 cm³/mol. The first kappa shape index (κ1) is 9.85. The minimum atomic E-state index is -2.85. The Morgan fingerprint density at radius 2 is 2.50 bits per heavy atom. The Bertz CT molecular complexity index is 387. The number of sulfone groups is 1. The smallest absolute Gasteiger partial charge is 0.202 e. The summed E-state index contributed by atoms with van der Waals surface area (Å²) in [6.45, 7) is 0.456. The van der Waals surface area contributed by atoms with Crippen LogP contribution in [-0.4, -0.2) is 35.3 Å². The molecule has 1 fully saturated rings. The molecule has 2 heterocycles. The van der Waals surface area contributed by atoms with Gasteiger partial charge >= 0.3 is 0 Å². The molecule has 78 valence electrons. The van der Waals surface area contributed by atoms with Gasteiger partial charge in [0.15, 0.2) is 9.84 Å². The fourth-order valence-corrected chi connectivity index (χ4v) is 3.74. The van der Waals surface area contributed by atoms with Crippen molar-refractivity contribution in [3.63, 3.8) is 0 Å². The molecule has 0 aliphatic carbocycles. The molecular weight excluding hydrogens is 222 g/mol. The van der Waals surface area contributed by atoms with Crippen LogP contribution in [0.15, 0.2) is 6.33 Å². The van der Waals surface area contributed by atoms with E-state index in [1.807, 2.05) is 0 Å². The molecular formula is C7H11N3O2S2. The van der Waals surface area contributed by atoms with Crippen molar-refractivity contribution < 1.29 is 8.42 Å². The summed E-state index contributed by atoms with van der Waals surface area (Å²) in [6.07, 6.45) is 3.00.